The topological polar surface area (TPSA) is 71.8 Å². The van der Waals surface area contributed by atoms with Gasteiger partial charge in [0.1, 0.15) is 11.5 Å². The molecule has 0 saturated heterocycles. The van der Waals surface area contributed by atoms with Crippen molar-refractivity contribution in [1.29, 1.82) is 0 Å². The van der Waals surface area contributed by atoms with Crippen molar-refractivity contribution in [3.05, 3.63) is 83.8 Å². The summed E-state index contributed by atoms with van der Waals surface area (Å²) in [5, 5.41) is 2.92. The molecule has 1 N–H and O–H groups in total. The SMILES string of the molecule is COc1ccc([S@@](=O)Cc2ccc(C(=O)NCCCN(Cc3ccccc3)C(C)C)o2)cc1. The molecule has 0 unspecified atom stereocenters. The van der Waals surface area contributed by atoms with Crippen LogP contribution in [0.3, 0.4) is 0 Å². The van der Waals surface area contributed by atoms with E-state index in [1.54, 1.807) is 43.5 Å². The summed E-state index contributed by atoms with van der Waals surface area (Å²) in [4.78, 5) is 15.5. The molecule has 0 bridgehead atoms. The molecule has 33 heavy (non-hydrogen) atoms. The van der Waals surface area contributed by atoms with Gasteiger partial charge in [0.25, 0.3) is 5.91 Å². The highest BCUT2D eigenvalue weighted by atomic mass is 32.2. The minimum atomic E-state index is -1.26. The number of methoxy groups -OCH3 is 1. The Kier molecular flexibility index (Phi) is 9.27. The van der Waals surface area contributed by atoms with Gasteiger partial charge in [0.15, 0.2) is 5.76 Å². The summed E-state index contributed by atoms with van der Waals surface area (Å²) in [5.74, 6) is 1.42. The van der Waals surface area contributed by atoms with E-state index in [-0.39, 0.29) is 17.4 Å². The van der Waals surface area contributed by atoms with Crippen molar-refractivity contribution in [3.8, 4) is 5.75 Å². The van der Waals surface area contributed by atoms with E-state index < -0.39 is 10.8 Å². The summed E-state index contributed by atoms with van der Waals surface area (Å²) in [7, 11) is 0.325. The van der Waals surface area contributed by atoms with Crippen LogP contribution in [0, 0.1) is 0 Å². The molecule has 1 atom stereocenters. The van der Waals surface area contributed by atoms with Crippen molar-refractivity contribution < 1.29 is 18.2 Å². The van der Waals surface area contributed by atoms with Gasteiger partial charge in [-0.05, 0) is 62.2 Å². The van der Waals surface area contributed by atoms with Crippen molar-refractivity contribution in [2.45, 2.75) is 43.5 Å². The fourth-order valence-corrected chi connectivity index (χ4v) is 4.45. The molecular weight excluding hydrogens is 436 g/mol. The second kappa shape index (κ2) is 12.4. The van der Waals surface area contributed by atoms with E-state index in [4.69, 9.17) is 9.15 Å². The molecule has 6 nitrogen and oxygen atoms in total. The molecule has 1 heterocycles. The number of amides is 1. The number of furan rings is 1. The van der Waals surface area contributed by atoms with E-state index in [1.165, 1.54) is 5.56 Å². The molecular formula is C26H32N2O4S. The Balaban J connectivity index is 1.44. The zero-order valence-corrected chi connectivity index (χ0v) is 20.3. The Morgan fingerprint density at radius 3 is 2.45 bits per heavy atom. The average molecular weight is 469 g/mol. The van der Waals surface area contributed by atoms with Gasteiger partial charge in [0, 0.05) is 30.6 Å². The molecule has 176 valence electrons. The van der Waals surface area contributed by atoms with Crippen molar-refractivity contribution in [2.75, 3.05) is 20.2 Å². The molecule has 3 aromatic rings. The largest absolute Gasteiger partial charge is 0.497 e. The second-order valence-corrected chi connectivity index (χ2v) is 9.54. The fourth-order valence-electron chi connectivity index (χ4n) is 3.43. The number of nitrogens with zero attached hydrogens (tertiary/aromatic N) is 1. The van der Waals surface area contributed by atoms with E-state index in [2.05, 4.69) is 48.3 Å². The maximum absolute atomic E-state index is 12.6. The van der Waals surface area contributed by atoms with Crippen LogP contribution in [0.4, 0.5) is 0 Å². The van der Waals surface area contributed by atoms with E-state index >= 15 is 0 Å². The van der Waals surface area contributed by atoms with Gasteiger partial charge in [-0.3, -0.25) is 13.9 Å². The third-order valence-corrected chi connectivity index (χ3v) is 6.69. The third-order valence-electron chi connectivity index (χ3n) is 5.35. The Bertz CT molecular complexity index is 1030. The van der Waals surface area contributed by atoms with Gasteiger partial charge in [-0.15, -0.1) is 0 Å². The highest BCUT2D eigenvalue weighted by Crippen LogP contribution is 2.18. The Labute approximate surface area is 198 Å². The van der Waals surface area contributed by atoms with Gasteiger partial charge in [0.2, 0.25) is 0 Å². The van der Waals surface area contributed by atoms with Gasteiger partial charge in [0.05, 0.1) is 23.7 Å². The minimum Gasteiger partial charge on any atom is -0.497 e. The molecule has 1 amide bonds. The highest BCUT2D eigenvalue weighted by Gasteiger charge is 2.14. The smallest absolute Gasteiger partial charge is 0.286 e. The van der Waals surface area contributed by atoms with Gasteiger partial charge >= 0.3 is 0 Å². The van der Waals surface area contributed by atoms with E-state index in [0.717, 1.165) is 19.5 Å². The maximum Gasteiger partial charge on any atom is 0.286 e. The number of rotatable bonds is 12. The lowest BCUT2D eigenvalue weighted by Gasteiger charge is -2.26. The second-order valence-electron chi connectivity index (χ2n) is 8.09. The monoisotopic (exact) mass is 468 g/mol. The molecule has 0 fully saturated rings. The molecule has 0 aliphatic rings. The van der Waals surface area contributed by atoms with Crippen LogP contribution < -0.4 is 10.1 Å². The fraction of sp³-hybridized carbons (Fsp3) is 0.346. The minimum absolute atomic E-state index is 0.211. The lowest BCUT2D eigenvalue weighted by atomic mass is 10.2. The zero-order chi connectivity index (χ0) is 23.6. The predicted octanol–water partition coefficient (Wildman–Crippen LogP) is 4.63. The normalized spacial score (nSPS) is 12.2. The molecule has 0 spiro atoms. The summed E-state index contributed by atoms with van der Waals surface area (Å²) >= 11 is 0. The van der Waals surface area contributed by atoms with Crippen LogP contribution in [0.1, 0.15) is 42.1 Å². The van der Waals surface area contributed by atoms with Gasteiger partial charge in [-0.1, -0.05) is 30.3 Å². The van der Waals surface area contributed by atoms with Crippen LogP contribution in [0.15, 0.2) is 76.0 Å². The van der Waals surface area contributed by atoms with Crippen LogP contribution in [-0.4, -0.2) is 41.3 Å². The Hall–Kier alpha value is -2.90. The molecule has 0 aliphatic carbocycles. The van der Waals surface area contributed by atoms with Crippen molar-refractivity contribution >= 4 is 16.7 Å². The summed E-state index contributed by atoms with van der Waals surface area (Å²) in [6.45, 7) is 6.70. The summed E-state index contributed by atoms with van der Waals surface area (Å²) in [5.41, 5.74) is 1.28. The van der Waals surface area contributed by atoms with E-state index in [0.29, 0.717) is 29.0 Å². The van der Waals surface area contributed by atoms with Gasteiger partial charge < -0.3 is 14.5 Å². The van der Waals surface area contributed by atoms with Crippen LogP contribution in [0.2, 0.25) is 0 Å². The molecule has 0 saturated carbocycles. The number of carbonyl (C=O) groups is 1. The first-order valence-corrected chi connectivity index (χ1v) is 12.5. The van der Waals surface area contributed by atoms with Crippen LogP contribution in [0.25, 0.3) is 0 Å². The molecule has 2 aromatic carbocycles. The quantitative estimate of drug-likeness (QED) is 0.393. The molecule has 0 radical (unpaired) electrons. The van der Waals surface area contributed by atoms with Crippen molar-refractivity contribution in [2.24, 2.45) is 0 Å². The average Bonchev–Trinajstić information content (AvgIpc) is 3.30. The summed E-state index contributed by atoms with van der Waals surface area (Å²) in [6.07, 6.45) is 0.839. The van der Waals surface area contributed by atoms with Crippen molar-refractivity contribution in [3.63, 3.8) is 0 Å². The van der Waals surface area contributed by atoms with Crippen LogP contribution >= 0.6 is 0 Å². The highest BCUT2D eigenvalue weighted by molar-refractivity contribution is 7.84. The first-order valence-electron chi connectivity index (χ1n) is 11.1. The molecule has 1 aromatic heterocycles. The number of benzene rings is 2. The van der Waals surface area contributed by atoms with Crippen molar-refractivity contribution in [1.82, 2.24) is 10.2 Å². The number of ether oxygens (including phenoxy) is 1. The third kappa shape index (κ3) is 7.58. The number of carbonyl (C=O) groups excluding carboxylic acids is 1. The van der Waals surface area contributed by atoms with Crippen LogP contribution in [0.5, 0.6) is 5.75 Å². The first kappa shape index (κ1) is 24.7. The standard InChI is InChI=1S/C26H32N2O4S/c1-20(2)28(18-21-8-5-4-6-9-21)17-7-16-27-26(29)25-15-12-23(32-25)19-33(30)24-13-10-22(31-3)11-14-24/h4-6,8-15,20H,7,16-19H2,1-3H3,(H,27,29)/t33-/m0/s1. The Morgan fingerprint density at radius 1 is 1.06 bits per heavy atom. The molecule has 7 heteroatoms. The predicted molar refractivity (Wildman–Crippen MR) is 131 cm³/mol. The van der Waals surface area contributed by atoms with Gasteiger partial charge in [-0.2, -0.15) is 0 Å². The molecule has 3 rings (SSSR count). The van der Waals surface area contributed by atoms with Crippen LogP contribution in [-0.2, 0) is 23.1 Å². The lowest BCUT2D eigenvalue weighted by Crippen LogP contribution is -2.34. The first-order chi connectivity index (χ1) is 16.0. The Morgan fingerprint density at radius 2 is 1.79 bits per heavy atom. The summed E-state index contributed by atoms with van der Waals surface area (Å²) < 4.78 is 23.3. The zero-order valence-electron chi connectivity index (χ0n) is 19.5. The molecule has 0 aliphatic heterocycles. The number of nitrogens with one attached hydrogen (secondary N) is 1. The summed E-state index contributed by atoms with van der Waals surface area (Å²) in [6, 6.07) is 21.2. The van der Waals surface area contributed by atoms with Gasteiger partial charge in [-0.25, -0.2) is 0 Å². The maximum atomic E-state index is 12.6. The van der Waals surface area contributed by atoms with E-state index in [1.807, 2.05) is 6.07 Å². The number of hydrogen-bond donors (Lipinski definition) is 1. The van der Waals surface area contributed by atoms with E-state index in [9.17, 15) is 9.00 Å². The lowest BCUT2D eigenvalue weighted by molar-refractivity contribution is 0.0921. The number of hydrogen-bond acceptors (Lipinski definition) is 5.